The zero-order valence-electron chi connectivity index (χ0n) is 18.5. The third-order valence-corrected chi connectivity index (χ3v) is 4.64. The van der Waals surface area contributed by atoms with E-state index >= 15 is 0 Å². The first kappa shape index (κ1) is 26.0. The topological polar surface area (TPSA) is 63.7 Å². The predicted octanol–water partition coefficient (Wildman–Crippen LogP) is 4.72. The molecule has 0 aromatic heterocycles. The molecule has 1 unspecified atom stereocenters. The summed E-state index contributed by atoms with van der Waals surface area (Å²) in [4.78, 5) is 30.8. The lowest BCUT2D eigenvalue weighted by atomic mass is 10.00. The summed E-state index contributed by atoms with van der Waals surface area (Å²) in [5.41, 5.74) is 1.40. The van der Waals surface area contributed by atoms with Crippen molar-refractivity contribution in [3.8, 4) is 0 Å². The van der Waals surface area contributed by atoms with Crippen molar-refractivity contribution >= 4 is 17.8 Å². The number of benzene rings is 2. The van der Waals surface area contributed by atoms with Gasteiger partial charge in [0.25, 0.3) is 0 Å². The lowest BCUT2D eigenvalue weighted by Crippen LogP contribution is -2.47. The molecule has 0 N–H and O–H groups in total. The molecule has 0 radical (unpaired) electrons. The minimum Gasteiger partial charge on any atom is -0.461 e. The summed E-state index contributed by atoms with van der Waals surface area (Å²) < 4.78 is 34.0. The SMILES string of the molecule is Cc1c(F)cc(N(CCc2ccccc2)C(C(=O)OC(C)C)C(C)C)cc1F.O=C=O. The minimum absolute atomic E-state index is 0.0300. The predicted molar refractivity (Wildman–Crippen MR) is 113 cm³/mol. The third kappa shape index (κ3) is 7.95. The lowest BCUT2D eigenvalue weighted by molar-refractivity contribution is -0.191. The molecular weight excluding hydrogens is 404 g/mol. The van der Waals surface area contributed by atoms with E-state index in [9.17, 15) is 13.6 Å². The number of rotatable bonds is 8. The number of carbonyl (C=O) groups excluding carboxylic acids is 3. The summed E-state index contributed by atoms with van der Waals surface area (Å²) in [7, 11) is 0. The summed E-state index contributed by atoms with van der Waals surface area (Å²) >= 11 is 0. The van der Waals surface area contributed by atoms with E-state index in [2.05, 4.69) is 0 Å². The molecule has 0 fully saturated rings. The van der Waals surface area contributed by atoms with Crippen LogP contribution in [-0.2, 0) is 25.5 Å². The Morgan fingerprint density at radius 3 is 2.00 bits per heavy atom. The summed E-state index contributed by atoms with van der Waals surface area (Å²) in [6.07, 6.45) is 0.618. The van der Waals surface area contributed by atoms with E-state index < -0.39 is 17.7 Å². The van der Waals surface area contributed by atoms with E-state index in [-0.39, 0.29) is 29.7 Å². The maximum Gasteiger partial charge on any atom is 0.373 e. The van der Waals surface area contributed by atoms with Crippen LogP contribution < -0.4 is 4.90 Å². The number of carbonyl (C=O) groups is 1. The molecule has 0 heterocycles. The van der Waals surface area contributed by atoms with Crippen LogP contribution in [0.1, 0.15) is 38.8 Å². The Morgan fingerprint density at radius 1 is 1.03 bits per heavy atom. The maximum absolute atomic E-state index is 14.3. The van der Waals surface area contributed by atoms with E-state index in [1.165, 1.54) is 19.1 Å². The van der Waals surface area contributed by atoms with Crippen LogP contribution in [-0.4, -0.2) is 30.8 Å². The molecule has 0 aliphatic carbocycles. The third-order valence-electron chi connectivity index (χ3n) is 4.64. The molecule has 0 spiro atoms. The molecular formula is C24H29F2NO4. The van der Waals surface area contributed by atoms with Gasteiger partial charge >= 0.3 is 12.1 Å². The average molecular weight is 433 g/mol. The Bertz CT molecular complexity index is 855. The monoisotopic (exact) mass is 433 g/mol. The second-order valence-electron chi connectivity index (χ2n) is 7.72. The quantitative estimate of drug-likeness (QED) is 0.564. The van der Waals surface area contributed by atoms with E-state index in [4.69, 9.17) is 14.3 Å². The van der Waals surface area contributed by atoms with Gasteiger partial charge in [-0.05, 0) is 50.8 Å². The van der Waals surface area contributed by atoms with Crippen molar-refractivity contribution in [2.24, 2.45) is 5.92 Å². The van der Waals surface area contributed by atoms with Gasteiger partial charge in [0.15, 0.2) is 0 Å². The van der Waals surface area contributed by atoms with Gasteiger partial charge < -0.3 is 9.64 Å². The fourth-order valence-corrected chi connectivity index (χ4v) is 3.18. The molecule has 0 bridgehead atoms. The highest BCUT2D eigenvalue weighted by Gasteiger charge is 2.32. The highest BCUT2D eigenvalue weighted by molar-refractivity contribution is 5.80. The maximum atomic E-state index is 14.3. The fraction of sp³-hybridized carbons (Fsp3) is 0.417. The molecule has 2 aromatic rings. The number of halogens is 2. The molecule has 0 aliphatic heterocycles. The normalized spacial score (nSPS) is 11.4. The summed E-state index contributed by atoms with van der Waals surface area (Å²) in [5.74, 6) is -1.74. The van der Waals surface area contributed by atoms with Gasteiger partial charge in [0.05, 0.1) is 6.10 Å². The van der Waals surface area contributed by atoms with Crippen LogP contribution in [0.2, 0.25) is 0 Å². The molecule has 0 amide bonds. The van der Waals surface area contributed by atoms with Crippen molar-refractivity contribution in [3.63, 3.8) is 0 Å². The van der Waals surface area contributed by atoms with Crippen LogP contribution in [0.15, 0.2) is 42.5 Å². The van der Waals surface area contributed by atoms with E-state index in [1.807, 2.05) is 44.2 Å². The van der Waals surface area contributed by atoms with Gasteiger partial charge in [-0.1, -0.05) is 44.2 Å². The zero-order valence-corrected chi connectivity index (χ0v) is 18.5. The lowest BCUT2D eigenvalue weighted by Gasteiger charge is -2.35. The Labute approximate surface area is 182 Å². The summed E-state index contributed by atoms with van der Waals surface area (Å²) in [6, 6.07) is 11.7. The van der Waals surface area contributed by atoms with Gasteiger partial charge in [-0.3, -0.25) is 0 Å². The van der Waals surface area contributed by atoms with Crippen LogP contribution in [0.4, 0.5) is 14.5 Å². The largest absolute Gasteiger partial charge is 0.461 e. The molecule has 0 aliphatic rings. The Balaban J connectivity index is 0.00000151. The van der Waals surface area contributed by atoms with E-state index in [0.29, 0.717) is 18.7 Å². The zero-order chi connectivity index (χ0) is 23.6. The Hall–Kier alpha value is -3.05. The number of hydrogen-bond acceptors (Lipinski definition) is 5. The van der Waals surface area contributed by atoms with Gasteiger partial charge in [-0.2, -0.15) is 9.59 Å². The van der Waals surface area contributed by atoms with Crippen molar-refractivity contribution in [3.05, 3.63) is 65.2 Å². The standard InChI is InChI=1S/C23H29F2NO2.CO2/c1-15(2)22(23(27)28-16(3)4)26(12-11-18-9-7-6-8-10-18)19-13-20(24)17(5)21(25)14-19;2-1-3/h6-10,13-16,22H,11-12H2,1-5H3;. The number of nitrogens with zero attached hydrogens (tertiary/aromatic N) is 1. The number of anilines is 1. The molecule has 0 saturated heterocycles. The molecule has 0 saturated carbocycles. The van der Waals surface area contributed by atoms with Crippen molar-refractivity contribution in [1.82, 2.24) is 0 Å². The smallest absolute Gasteiger partial charge is 0.373 e. The second kappa shape index (κ2) is 12.6. The van der Waals surface area contributed by atoms with Gasteiger partial charge in [0.2, 0.25) is 0 Å². The molecule has 7 heteroatoms. The van der Waals surface area contributed by atoms with Gasteiger partial charge in [-0.15, -0.1) is 0 Å². The van der Waals surface area contributed by atoms with Crippen molar-refractivity contribution < 1.29 is 27.9 Å². The van der Waals surface area contributed by atoms with Crippen LogP contribution in [0.25, 0.3) is 0 Å². The van der Waals surface area contributed by atoms with Crippen LogP contribution in [0, 0.1) is 24.5 Å². The van der Waals surface area contributed by atoms with Gasteiger partial charge in [0.1, 0.15) is 17.7 Å². The summed E-state index contributed by atoms with van der Waals surface area (Å²) in [6.45, 7) is 9.21. The first-order chi connectivity index (χ1) is 14.6. The van der Waals surface area contributed by atoms with Crippen molar-refractivity contribution in [2.45, 2.75) is 53.2 Å². The minimum atomic E-state index is -0.646. The fourth-order valence-electron chi connectivity index (χ4n) is 3.18. The number of hydrogen-bond donors (Lipinski definition) is 0. The van der Waals surface area contributed by atoms with Crippen molar-refractivity contribution in [1.29, 1.82) is 0 Å². The van der Waals surface area contributed by atoms with Gasteiger partial charge in [-0.25, -0.2) is 13.6 Å². The number of ether oxygens (including phenoxy) is 1. The van der Waals surface area contributed by atoms with Crippen LogP contribution in [0.3, 0.4) is 0 Å². The first-order valence-electron chi connectivity index (χ1n) is 10.1. The molecule has 2 rings (SSSR count). The molecule has 31 heavy (non-hydrogen) atoms. The van der Waals surface area contributed by atoms with Crippen LogP contribution in [0.5, 0.6) is 0 Å². The van der Waals surface area contributed by atoms with Crippen molar-refractivity contribution in [2.75, 3.05) is 11.4 Å². The highest BCUT2D eigenvalue weighted by atomic mass is 19.1. The average Bonchev–Trinajstić information content (AvgIpc) is 2.69. The number of esters is 1. The van der Waals surface area contributed by atoms with Crippen LogP contribution >= 0.6 is 0 Å². The molecule has 2 aromatic carbocycles. The molecule has 5 nitrogen and oxygen atoms in total. The molecule has 1 atom stereocenters. The summed E-state index contributed by atoms with van der Waals surface area (Å²) in [5, 5.41) is 0. The van der Waals surface area contributed by atoms with E-state index in [1.54, 1.807) is 18.7 Å². The Kier molecular flexibility index (Phi) is 10.6. The highest BCUT2D eigenvalue weighted by Crippen LogP contribution is 2.27. The Morgan fingerprint density at radius 2 is 1.55 bits per heavy atom. The second-order valence-corrected chi connectivity index (χ2v) is 7.72. The first-order valence-corrected chi connectivity index (χ1v) is 10.1. The van der Waals surface area contributed by atoms with E-state index in [0.717, 1.165) is 5.56 Å². The molecule has 168 valence electrons. The van der Waals surface area contributed by atoms with Gasteiger partial charge in [0, 0.05) is 17.8 Å².